The Morgan fingerprint density at radius 3 is 2.64 bits per heavy atom. The highest BCUT2D eigenvalue weighted by Gasteiger charge is 2.22. The van der Waals surface area contributed by atoms with Crippen molar-refractivity contribution in [2.75, 3.05) is 31.1 Å². The summed E-state index contributed by atoms with van der Waals surface area (Å²) in [4.78, 5) is 21.3. The zero-order chi connectivity index (χ0) is 17.2. The fraction of sp³-hybridized carbons (Fsp3) is 0.263. The van der Waals surface area contributed by atoms with Crippen molar-refractivity contribution in [1.82, 2.24) is 14.5 Å². The standard InChI is InChI=1S/C19H19BrN4O/c20-16-4-3-5-17-15(16)7-9-24(17)14-19(25)23-12-10-22(11-13-23)18-6-1-2-8-21-18/h1-9H,10-14H2. The molecule has 5 nitrogen and oxygen atoms in total. The van der Waals surface area contributed by atoms with Crippen LogP contribution in [0.1, 0.15) is 0 Å². The lowest BCUT2D eigenvalue weighted by Crippen LogP contribution is -2.49. The van der Waals surface area contributed by atoms with E-state index in [9.17, 15) is 4.79 Å². The number of halogens is 1. The fourth-order valence-corrected chi connectivity index (χ4v) is 3.78. The predicted molar refractivity (Wildman–Crippen MR) is 103 cm³/mol. The van der Waals surface area contributed by atoms with Gasteiger partial charge in [0.25, 0.3) is 0 Å². The van der Waals surface area contributed by atoms with Gasteiger partial charge >= 0.3 is 0 Å². The second-order valence-corrected chi connectivity index (χ2v) is 7.03. The topological polar surface area (TPSA) is 41.4 Å². The molecule has 0 atom stereocenters. The molecule has 1 fully saturated rings. The number of carbonyl (C=O) groups is 1. The van der Waals surface area contributed by atoms with Crippen molar-refractivity contribution >= 4 is 38.6 Å². The number of benzene rings is 1. The summed E-state index contributed by atoms with van der Waals surface area (Å²) in [6.45, 7) is 3.49. The van der Waals surface area contributed by atoms with Gasteiger partial charge in [-0.05, 0) is 30.3 Å². The summed E-state index contributed by atoms with van der Waals surface area (Å²) < 4.78 is 3.08. The van der Waals surface area contributed by atoms with Gasteiger partial charge in [-0.3, -0.25) is 4.79 Å². The van der Waals surface area contributed by atoms with Gasteiger partial charge in [0.15, 0.2) is 0 Å². The summed E-state index contributed by atoms with van der Waals surface area (Å²) in [6.07, 6.45) is 3.79. The predicted octanol–water partition coefficient (Wildman–Crippen LogP) is 3.15. The van der Waals surface area contributed by atoms with Crippen LogP contribution in [0.15, 0.2) is 59.3 Å². The third kappa shape index (κ3) is 3.26. The summed E-state index contributed by atoms with van der Waals surface area (Å²) in [5, 5.41) is 1.13. The minimum absolute atomic E-state index is 0.165. The number of rotatable bonds is 3. The molecule has 1 aliphatic heterocycles. The van der Waals surface area contributed by atoms with E-state index in [4.69, 9.17) is 0 Å². The van der Waals surface area contributed by atoms with Crippen LogP contribution < -0.4 is 4.90 Å². The third-order valence-electron chi connectivity index (χ3n) is 4.67. The van der Waals surface area contributed by atoms with Gasteiger partial charge in [-0.25, -0.2) is 4.98 Å². The van der Waals surface area contributed by atoms with Crippen LogP contribution in [0.5, 0.6) is 0 Å². The molecule has 3 heterocycles. The highest BCUT2D eigenvalue weighted by atomic mass is 79.9. The van der Waals surface area contributed by atoms with Crippen LogP contribution in [0, 0.1) is 0 Å². The Hall–Kier alpha value is -2.34. The molecule has 3 aromatic rings. The van der Waals surface area contributed by atoms with Crippen LogP contribution in [0.3, 0.4) is 0 Å². The first-order valence-corrected chi connectivity index (χ1v) is 9.19. The number of carbonyl (C=O) groups excluding carboxylic acids is 1. The van der Waals surface area contributed by atoms with Crippen molar-refractivity contribution in [1.29, 1.82) is 0 Å². The van der Waals surface area contributed by atoms with Crippen molar-refractivity contribution in [2.45, 2.75) is 6.54 Å². The molecule has 1 aliphatic rings. The Labute approximate surface area is 155 Å². The Balaban J connectivity index is 1.41. The zero-order valence-electron chi connectivity index (χ0n) is 13.8. The van der Waals surface area contributed by atoms with Gasteiger partial charge in [0.05, 0.1) is 0 Å². The largest absolute Gasteiger partial charge is 0.353 e. The zero-order valence-corrected chi connectivity index (χ0v) is 15.4. The molecule has 4 rings (SSSR count). The normalized spacial score (nSPS) is 14.9. The van der Waals surface area contributed by atoms with Crippen LogP contribution in [0.4, 0.5) is 5.82 Å². The van der Waals surface area contributed by atoms with Gasteiger partial charge in [-0.1, -0.05) is 28.1 Å². The van der Waals surface area contributed by atoms with Crippen molar-refractivity contribution in [2.24, 2.45) is 0 Å². The van der Waals surface area contributed by atoms with Crippen molar-refractivity contribution in [3.8, 4) is 0 Å². The lowest BCUT2D eigenvalue weighted by Gasteiger charge is -2.35. The Kier molecular flexibility index (Phi) is 4.44. The first-order chi connectivity index (χ1) is 12.2. The number of aromatic nitrogens is 2. The quantitative estimate of drug-likeness (QED) is 0.680. The minimum Gasteiger partial charge on any atom is -0.353 e. The molecule has 0 spiro atoms. The number of hydrogen-bond donors (Lipinski definition) is 0. The van der Waals surface area contributed by atoms with Crippen LogP contribution in [0.2, 0.25) is 0 Å². The number of nitrogens with zero attached hydrogens (tertiary/aromatic N) is 4. The number of fused-ring (bicyclic) bond motifs is 1. The summed E-state index contributed by atoms with van der Waals surface area (Å²) in [6, 6.07) is 14.0. The van der Waals surface area contributed by atoms with Gasteiger partial charge in [-0.15, -0.1) is 0 Å². The van der Waals surface area contributed by atoms with E-state index in [1.165, 1.54) is 0 Å². The van der Waals surface area contributed by atoms with Crippen LogP contribution in [0.25, 0.3) is 10.9 Å². The average molecular weight is 399 g/mol. The molecule has 25 heavy (non-hydrogen) atoms. The molecule has 0 bridgehead atoms. The molecule has 0 aliphatic carbocycles. The smallest absolute Gasteiger partial charge is 0.242 e. The number of hydrogen-bond acceptors (Lipinski definition) is 3. The monoisotopic (exact) mass is 398 g/mol. The lowest BCUT2D eigenvalue weighted by molar-refractivity contribution is -0.132. The van der Waals surface area contributed by atoms with Crippen LogP contribution >= 0.6 is 15.9 Å². The molecule has 0 radical (unpaired) electrons. The molecule has 1 saturated heterocycles. The molecular weight excluding hydrogens is 380 g/mol. The maximum atomic E-state index is 12.7. The van der Waals surface area contributed by atoms with Crippen molar-refractivity contribution in [3.05, 3.63) is 59.3 Å². The maximum Gasteiger partial charge on any atom is 0.242 e. The van der Waals surface area contributed by atoms with Gasteiger partial charge in [-0.2, -0.15) is 0 Å². The number of amides is 1. The molecular formula is C19H19BrN4O. The van der Waals surface area contributed by atoms with Gasteiger partial charge < -0.3 is 14.4 Å². The van der Waals surface area contributed by atoms with Crippen LogP contribution in [-0.2, 0) is 11.3 Å². The first kappa shape index (κ1) is 16.1. The van der Waals surface area contributed by atoms with E-state index in [0.717, 1.165) is 47.4 Å². The van der Waals surface area contributed by atoms with Crippen molar-refractivity contribution < 1.29 is 4.79 Å². The second-order valence-electron chi connectivity index (χ2n) is 6.17. The van der Waals surface area contributed by atoms with Gasteiger partial charge in [0.2, 0.25) is 5.91 Å². The summed E-state index contributed by atoms with van der Waals surface area (Å²) in [5.41, 5.74) is 1.08. The van der Waals surface area contributed by atoms with E-state index in [-0.39, 0.29) is 5.91 Å². The molecule has 6 heteroatoms. The molecule has 0 saturated carbocycles. The SMILES string of the molecule is O=C(Cn1ccc2c(Br)cccc21)N1CCN(c2ccccn2)CC1. The lowest BCUT2D eigenvalue weighted by atomic mass is 10.2. The molecule has 2 aromatic heterocycles. The fourth-order valence-electron chi connectivity index (χ4n) is 3.30. The average Bonchev–Trinajstić information content (AvgIpc) is 3.07. The van der Waals surface area contributed by atoms with Crippen LogP contribution in [-0.4, -0.2) is 46.5 Å². The van der Waals surface area contributed by atoms with Crippen molar-refractivity contribution in [3.63, 3.8) is 0 Å². The Bertz CT molecular complexity index is 885. The number of pyridine rings is 1. The van der Waals surface area contributed by atoms with E-state index in [1.54, 1.807) is 0 Å². The number of anilines is 1. The first-order valence-electron chi connectivity index (χ1n) is 8.39. The summed E-state index contributed by atoms with van der Waals surface area (Å²) in [5.74, 6) is 1.15. The Morgan fingerprint density at radius 1 is 1.04 bits per heavy atom. The maximum absolute atomic E-state index is 12.7. The minimum atomic E-state index is 0.165. The second kappa shape index (κ2) is 6.88. The molecule has 1 amide bonds. The Morgan fingerprint density at radius 2 is 1.88 bits per heavy atom. The number of piperazine rings is 1. The molecule has 128 valence electrons. The van der Waals surface area contributed by atoms with E-state index >= 15 is 0 Å². The van der Waals surface area contributed by atoms with Gasteiger partial charge in [0, 0.05) is 53.9 Å². The third-order valence-corrected chi connectivity index (χ3v) is 5.36. The molecule has 0 N–H and O–H groups in total. The summed E-state index contributed by atoms with van der Waals surface area (Å²) >= 11 is 3.56. The van der Waals surface area contributed by atoms with E-state index in [2.05, 4.69) is 25.8 Å². The van der Waals surface area contributed by atoms with E-state index in [0.29, 0.717) is 6.54 Å². The molecule has 1 aromatic carbocycles. The highest BCUT2D eigenvalue weighted by Crippen LogP contribution is 2.24. The van der Waals surface area contributed by atoms with E-state index < -0.39 is 0 Å². The summed E-state index contributed by atoms with van der Waals surface area (Å²) in [7, 11) is 0. The highest BCUT2D eigenvalue weighted by molar-refractivity contribution is 9.10. The molecule has 0 unspecified atom stereocenters. The van der Waals surface area contributed by atoms with E-state index in [1.807, 2.05) is 64.3 Å². The van der Waals surface area contributed by atoms with Gasteiger partial charge in [0.1, 0.15) is 12.4 Å².